The van der Waals surface area contributed by atoms with Crippen molar-refractivity contribution in [1.82, 2.24) is 19.7 Å². The van der Waals surface area contributed by atoms with Crippen LogP contribution in [0.3, 0.4) is 0 Å². The molecule has 0 aliphatic heterocycles. The van der Waals surface area contributed by atoms with Gasteiger partial charge in [-0.25, -0.2) is 9.55 Å². The summed E-state index contributed by atoms with van der Waals surface area (Å²) in [5, 5.41) is 7.94. The molecule has 4 rings (SSSR count). The van der Waals surface area contributed by atoms with Gasteiger partial charge in [0.15, 0.2) is 3.95 Å². The first-order chi connectivity index (χ1) is 11.6. The molecule has 8 heteroatoms. The van der Waals surface area contributed by atoms with Gasteiger partial charge in [-0.15, -0.1) is 5.10 Å². The Bertz CT molecular complexity index is 1160. The molecule has 0 radical (unpaired) electrons. The number of benzene rings is 2. The molecule has 0 spiro atoms. The predicted molar refractivity (Wildman–Crippen MR) is 106 cm³/mol. The number of aromatic nitrogens is 4. The lowest BCUT2D eigenvalue weighted by atomic mass is 10.2. The Hall–Kier alpha value is -1.91. The first-order valence-corrected chi connectivity index (χ1v) is 9.27. The van der Waals surface area contributed by atoms with Crippen molar-refractivity contribution in [2.75, 3.05) is 0 Å². The number of halogens is 1. The number of nitrogens with zero attached hydrogens (tertiary/aromatic N) is 3. The van der Waals surface area contributed by atoms with Gasteiger partial charge in [0.1, 0.15) is 5.82 Å². The molecule has 0 saturated heterocycles. The van der Waals surface area contributed by atoms with Crippen LogP contribution in [0.4, 0.5) is 0 Å². The third-order valence-electron chi connectivity index (χ3n) is 3.48. The molecule has 2 aromatic carbocycles. The Morgan fingerprint density at radius 2 is 1.96 bits per heavy atom. The van der Waals surface area contributed by atoms with Gasteiger partial charge in [0.2, 0.25) is 5.13 Å². The van der Waals surface area contributed by atoms with Crippen LogP contribution in [0.25, 0.3) is 27.4 Å². The molecule has 118 valence electrons. The number of hydrogen-bond acceptors (Lipinski definition) is 5. The molecule has 0 aliphatic rings. The van der Waals surface area contributed by atoms with E-state index >= 15 is 0 Å². The maximum absolute atomic E-state index is 13.1. The van der Waals surface area contributed by atoms with Crippen LogP contribution in [0.1, 0.15) is 0 Å². The van der Waals surface area contributed by atoms with Gasteiger partial charge in [-0.2, -0.15) is 0 Å². The van der Waals surface area contributed by atoms with E-state index < -0.39 is 0 Å². The molecule has 0 aliphatic carbocycles. The number of nitrogens with one attached hydrogen (secondary N) is 1. The van der Waals surface area contributed by atoms with Crippen molar-refractivity contribution in [2.24, 2.45) is 0 Å². The highest BCUT2D eigenvalue weighted by Crippen LogP contribution is 2.23. The summed E-state index contributed by atoms with van der Waals surface area (Å²) in [5.74, 6) is 0.548. The Morgan fingerprint density at radius 1 is 1.17 bits per heavy atom. The monoisotopic (exact) mass is 464 g/mol. The van der Waals surface area contributed by atoms with E-state index in [-0.39, 0.29) is 5.56 Å². The van der Waals surface area contributed by atoms with Crippen LogP contribution in [-0.2, 0) is 0 Å². The minimum Gasteiger partial charge on any atom is -0.268 e. The predicted octanol–water partition coefficient (Wildman–Crippen LogP) is 4.17. The molecular weight excluding hydrogens is 455 g/mol. The number of fused-ring (bicyclic) bond motifs is 1. The van der Waals surface area contributed by atoms with Crippen LogP contribution in [0.5, 0.6) is 0 Å². The van der Waals surface area contributed by atoms with Crippen LogP contribution in [-0.4, -0.2) is 19.7 Å². The summed E-state index contributed by atoms with van der Waals surface area (Å²) < 4.78 is 3.01. The highest BCUT2D eigenvalue weighted by atomic mass is 127. The van der Waals surface area contributed by atoms with Crippen molar-refractivity contribution >= 4 is 57.0 Å². The van der Waals surface area contributed by atoms with Crippen LogP contribution in [0, 0.1) is 7.52 Å². The molecule has 2 heterocycles. The minimum absolute atomic E-state index is 0.157. The average molecular weight is 464 g/mol. The number of H-pyrrole nitrogens is 1. The van der Waals surface area contributed by atoms with E-state index in [1.807, 2.05) is 48.5 Å². The van der Waals surface area contributed by atoms with Gasteiger partial charge in [0, 0.05) is 9.13 Å². The van der Waals surface area contributed by atoms with Gasteiger partial charge in [-0.1, -0.05) is 41.7 Å². The summed E-state index contributed by atoms with van der Waals surface area (Å²) in [6.45, 7) is 0. The lowest BCUT2D eigenvalue weighted by Gasteiger charge is -2.11. The highest BCUT2D eigenvalue weighted by Gasteiger charge is 2.16. The van der Waals surface area contributed by atoms with Crippen molar-refractivity contribution < 1.29 is 0 Å². The molecule has 0 atom stereocenters. The normalized spacial score (nSPS) is 11.0. The van der Waals surface area contributed by atoms with Gasteiger partial charge in [0.05, 0.1) is 10.9 Å². The van der Waals surface area contributed by atoms with E-state index in [1.165, 1.54) is 15.9 Å². The van der Waals surface area contributed by atoms with E-state index in [1.54, 1.807) is 0 Å². The fraction of sp³-hybridized carbons (Fsp3) is 0. The van der Waals surface area contributed by atoms with Gasteiger partial charge in [0.25, 0.3) is 5.56 Å². The quantitative estimate of drug-likeness (QED) is 0.357. The Kier molecular flexibility index (Phi) is 4.02. The maximum atomic E-state index is 13.1. The molecule has 0 bridgehead atoms. The van der Waals surface area contributed by atoms with Gasteiger partial charge in [-0.3, -0.25) is 9.89 Å². The summed E-state index contributed by atoms with van der Waals surface area (Å²) in [6.07, 6.45) is 0. The third kappa shape index (κ3) is 2.70. The Labute approximate surface area is 159 Å². The molecule has 0 amide bonds. The second kappa shape index (κ2) is 6.19. The lowest BCUT2D eigenvalue weighted by Crippen LogP contribution is -2.22. The fourth-order valence-electron chi connectivity index (χ4n) is 2.43. The van der Waals surface area contributed by atoms with E-state index in [0.717, 1.165) is 9.13 Å². The van der Waals surface area contributed by atoms with Crippen LogP contribution in [0.15, 0.2) is 53.3 Å². The summed E-state index contributed by atoms with van der Waals surface area (Å²) in [7, 11) is 0. The molecule has 24 heavy (non-hydrogen) atoms. The van der Waals surface area contributed by atoms with Gasteiger partial charge < -0.3 is 0 Å². The standard InChI is InChI=1S/C16H9IN4OS2/c17-10-6-7-12-11(8-10)14(22)21(15-19-20-16(23)24-15)13(18-12)9-4-2-1-3-5-9/h1-8H,(H,20,23). The van der Waals surface area contributed by atoms with Gasteiger partial charge in [-0.05, 0) is 53.0 Å². The first kappa shape index (κ1) is 15.6. The van der Waals surface area contributed by atoms with E-state index in [9.17, 15) is 4.79 Å². The van der Waals surface area contributed by atoms with E-state index in [4.69, 9.17) is 17.2 Å². The van der Waals surface area contributed by atoms with Crippen molar-refractivity contribution in [3.8, 4) is 16.5 Å². The summed E-state index contributed by atoms with van der Waals surface area (Å²) in [4.78, 5) is 17.8. The van der Waals surface area contributed by atoms with Crippen molar-refractivity contribution in [3.05, 3.63) is 66.4 Å². The molecule has 0 fully saturated rings. The summed E-state index contributed by atoms with van der Waals surface area (Å²) >= 11 is 8.55. The molecule has 0 saturated carbocycles. The number of hydrogen-bond donors (Lipinski definition) is 1. The molecular formula is C16H9IN4OS2. The molecule has 2 aromatic heterocycles. The van der Waals surface area contributed by atoms with Crippen molar-refractivity contribution in [3.63, 3.8) is 0 Å². The average Bonchev–Trinajstić information content (AvgIpc) is 3.02. The molecule has 0 unspecified atom stereocenters. The first-order valence-electron chi connectivity index (χ1n) is 6.97. The maximum Gasteiger partial charge on any atom is 0.268 e. The zero-order valence-electron chi connectivity index (χ0n) is 12.1. The van der Waals surface area contributed by atoms with E-state index in [0.29, 0.717) is 25.8 Å². The zero-order chi connectivity index (χ0) is 16.7. The third-order valence-corrected chi connectivity index (χ3v) is 5.23. The summed E-state index contributed by atoms with van der Waals surface area (Å²) in [6, 6.07) is 15.2. The minimum atomic E-state index is -0.157. The lowest BCUT2D eigenvalue weighted by molar-refractivity contribution is 0.918. The molecule has 1 N–H and O–H groups in total. The van der Waals surface area contributed by atoms with Crippen molar-refractivity contribution in [1.29, 1.82) is 0 Å². The SMILES string of the molecule is O=c1c2cc(I)ccc2nc(-c2ccccc2)n1-c1n[nH]c(=S)s1. The van der Waals surface area contributed by atoms with Crippen LogP contribution < -0.4 is 5.56 Å². The second-order valence-electron chi connectivity index (χ2n) is 5.00. The largest absolute Gasteiger partial charge is 0.268 e. The summed E-state index contributed by atoms with van der Waals surface area (Å²) in [5.41, 5.74) is 1.35. The highest BCUT2D eigenvalue weighted by molar-refractivity contribution is 14.1. The number of rotatable bonds is 2. The molecule has 4 aromatic rings. The fourth-order valence-corrected chi connectivity index (χ4v) is 3.80. The smallest absolute Gasteiger partial charge is 0.268 e. The molecule has 5 nitrogen and oxygen atoms in total. The number of aromatic amines is 1. The zero-order valence-corrected chi connectivity index (χ0v) is 15.9. The van der Waals surface area contributed by atoms with Gasteiger partial charge >= 0.3 is 0 Å². The van der Waals surface area contributed by atoms with Crippen LogP contribution in [0.2, 0.25) is 0 Å². The van der Waals surface area contributed by atoms with Crippen LogP contribution >= 0.6 is 46.1 Å². The van der Waals surface area contributed by atoms with E-state index in [2.05, 4.69) is 32.8 Å². The Balaban J connectivity index is 2.15. The Morgan fingerprint density at radius 3 is 2.67 bits per heavy atom. The second-order valence-corrected chi connectivity index (χ2v) is 7.89. The van der Waals surface area contributed by atoms with Crippen molar-refractivity contribution in [2.45, 2.75) is 0 Å². The topological polar surface area (TPSA) is 63.6 Å².